The number of carbonyl (C=O) groups is 1. The van der Waals surface area contributed by atoms with Crippen molar-refractivity contribution in [1.29, 1.82) is 0 Å². The molecule has 2 heterocycles. The topological polar surface area (TPSA) is 83.0 Å². The number of aliphatic imine (C=N–C) groups is 1. The first-order chi connectivity index (χ1) is 16.0. The van der Waals surface area contributed by atoms with Gasteiger partial charge in [-0.3, -0.25) is 9.79 Å². The molecular formula is C26H24ClN3O3. The van der Waals surface area contributed by atoms with Gasteiger partial charge in [0, 0.05) is 35.5 Å². The number of phenolic OH excluding ortho intramolecular Hbond substituents is 1. The van der Waals surface area contributed by atoms with E-state index in [9.17, 15) is 9.90 Å². The van der Waals surface area contributed by atoms with E-state index in [1.54, 1.807) is 30.5 Å². The molecule has 0 bridgehead atoms. The molecule has 3 N–H and O–H groups in total. The van der Waals surface area contributed by atoms with Gasteiger partial charge in [-0.05, 0) is 78.6 Å². The fourth-order valence-electron chi connectivity index (χ4n) is 4.44. The quantitative estimate of drug-likeness (QED) is 0.501. The van der Waals surface area contributed by atoms with Crippen LogP contribution in [0.4, 0.5) is 5.69 Å². The highest BCUT2D eigenvalue weighted by atomic mass is 35.5. The van der Waals surface area contributed by atoms with E-state index in [4.69, 9.17) is 16.3 Å². The zero-order chi connectivity index (χ0) is 22.9. The maximum absolute atomic E-state index is 13.1. The average Bonchev–Trinajstić information content (AvgIpc) is 2.79. The first-order valence-corrected chi connectivity index (χ1v) is 11.3. The van der Waals surface area contributed by atoms with Gasteiger partial charge in [-0.2, -0.15) is 0 Å². The van der Waals surface area contributed by atoms with E-state index in [0.29, 0.717) is 22.9 Å². The lowest BCUT2D eigenvalue weighted by atomic mass is 9.92. The number of ether oxygens (including phenoxy) is 1. The molecule has 2 unspecified atom stereocenters. The van der Waals surface area contributed by atoms with E-state index in [1.165, 1.54) is 0 Å². The van der Waals surface area contributed by atoms with Gasteiger partial charge in [-0.15, -0.1) is 0 Å². The summed E-state index contributed by atoms with van der Waals surface area (Å²) in [5.41, 5.74) is 4.84. The van der Waals surface area contributed by atoms with E-state index >= 15 is 0 Å². The molecule has 6 nitrogen and oxygen atoms in total. The lowest BCUT2D eigenvalue weighted by Gasteiger charge is -2.29. The Morgan fingerprint density at radius 1 is 1.18 bits per heavy atom. The number of amides is 1. The van der Waals surface area contributed by atoms with Gasteiger partial charge >= 0.3 is 0 Å². The summed E-state index contributed by atoms with van der Waals surface area (Å²) in [4.78, 5) is 17.6. The molecule has 3 aromatic rings. The maximum Gasteiger partial charge on any atom is 0.245 e. The molecule has 0 saturated carbocycles. The molecule has 0 spiro atoms. The summed E-state index contributed by atoms with van der Waals surface area (Å²) in [6.45, 7) is 2.71. The molecule has 0 saturated heterocycles. The van der Waals surface area contributed by atoms with E-state index in [1.807, 2.05) is 37.3 Å². The van der Waals surface area contributed by atoms with Crippen LogP contribution in [0.3, 0.4) is 0 Å². The third-order valence-electron chi connectivity index (χ3n) is 6.08. The number of hydrogen-bond acceptors (Lipinski definition) is 5. The predicted molar refractivity (Wildman–Crippen MR) is 130 cm³/mol. The molecule has 2 atom stereocenters. The van der Waals surface area contributed by atoms with E-state index in [2.05, 4.69) is 15.6 Å². The highest BCUT2D eigenvalue weighted by Gasteiger charge is 2.28. The minimum atomic E-state index is -0.495. The maximum atomic E-state index is 13.1. The summed E-state index contributed by atoms with van der Waals surface area (Å²) in [5, 5.41) is 17.0. The van der Waals surface area contributed by atoms with Crippen LogP contribution in [0.1, 0.15) is 34.7 Å². The summed E-state index contributed by atoms with van der Waals surface area (Å²) in [5.74, 6) is 1.44. The fourth-order valence-corrected chi connectivity index (χ4v) is 4.62. The number of halogens is 1. The number of phenols is 1. The molecule has 2 aliphatic heterocycles. The van der Waals surface area contributed by atoms with Crippen molar-refractivity contribution >= 4 is 29.4 Å². The van der Waals surface area contributed by atoms with Gasteiger partial charge in [0.25, 0.3) is 0 Å². The minimum absolute atomic E-state index is 0.108. The number of carbonyl (C=O) groups excluding carboxylic acids is 1. The zero-order valence-corrected chi connectivity index (χ0v) is 18.9. The third-order valence-corrected chi connectivity index (χ3v) is 6.32. The van der Waals surface area contributed by atoms with Gasteiger partial charge in [0.15, 0.2) is 0 Å². The van der Waals surface area contributed by atoms with Crippen LogP contribution in [0.2, 0.25) is 5.02 Å². The molecule has 7 heteroatoms. The summed E-state index contributed by atoms with van der Waals surface area (Å²) in [6, 6.07) is 15.8. The van der Waals surface area contributed by atoms with Crippen LogP contribution in [-0.2, 0) is 11.2 Å². The Kier molecular flexibility index (Phi) is 5.68. The second-order valence-corrected chi connectivity index (χ2v) is 8.85. The second-order valence-electron chi connectivity index (χ2n) is 8.41. The Morgan fingerprint density at radius 2 is 2.03 bits per heavy atom. The van der Waals surface area contributed by atoms with Crippen molar-refractivity contribution in [1.82, 2.24) is 5.32 Å². The van der Waals surface area contributed by atoms with Gasteiger partial charge in [0.05, 0.1) is 6.04 Å². The molecular weight excluding hydrogens is 438 g/mol. The largest absolute Gasteiger partial charge is 0.508 e. The van der Waals surface area contributed by atoms with Crippen molar-refractivity contribution in [2.45, 2.75) is 31.8 Å². The molecule has 3 aromatic carbocycles. The van der Waals surface area contributed by atoms with Crippen molar-refractivity contribution in [3.63, 3.8) is 0 Å². The van der Waals surface area contributed by atoms with Crippen LogP contribution in [0, 0.1) is 6.92 Å². The molecule has 5 rings (SSSR count). The lowest BCUT2D eigenvalue weighted by molar-refractivity contribution is -0.123. The molecule has 0 aromatic heterocycles. The molecule has 1 amide bonds. The van der Waals surface area contributed by atoms with Crippen LogP contribution in [0.5, 0.6) is 17.2 Å². The summed E-state index contributed by atoms with van der Waals surface area (Å²) in [6.07, 6.45) is 2.96. The molecule has 168 valence electrons. The Bertz CT molecular complexity index is 1260. The Labute approximate surface area is 197 Å². The van der Waals surface area contributed by atoms with Crippen LogP contribution in [-0.4, -0.2) is 29.8 Å². The standard InChI is InChI=1S/C26H24ClN3O3/c1-15-9-18(31)10-16-14-29-25(13-21(15)16)26(32)30-24-7-8-28-23-6-5-20(12-22(23)24)33-19-4-2-3-17(27)11-19/h2-6,9-12,14,24-25,28,31H,7-8,13H2,1H3,(H,30,32). The van der Waals surface area contributed by atoms with Crippen LogP contribution in [0.15, 0.2) is 59.6 Å². The smallest absolute Gasteiger partial charge is 0.245 e. The summed E-state index contributed by atoms with van der Waals surface area (Å²) in [7, 11) is 0. The van der Waals surface area contributed by atoms with Crippen molar-refractivity contribution in [2.75, 3.05) is 11.9 Å². The van der Waals surface area contributed by atoms with Gasteiger partial charge in [0.2, 0.25) is 5.91 Å². The zero-order valence-electron chi connectivity index (χ0n) is 18.1. The number of nitrogens with zero attached hydrogens (tertiary/aromatic N) is 1. The number of hydrogen-bond donors (Lipinski definition) is 3. The highest BCUT2D eigenvalue weighted by molar-refractivity contribution is 6.30. The number of nitrogens with one attached hydrogen (secondary N) is 2. The van der Waals surface area contributed by atoms with E-state index < -0.39 is 6.04 Å². The Balaban J connectivity index is 1.33. The fraction of sp³-hybridized carbons (Fsp3) is 0.231. The van der Waals surface area contributed by atoms with Gasteiger partial charge in [0.1, 0.15) is 23.3 Å². The number of rotatable bonds is 4. The molecule has 0 aliphatic carbocycles. The van der Waals surface area contributed by atoms with Crippen molar-refractivity contribution < 1.29 is 14.6 Å². The first-order valence-electron chi connectivity index (χ1n) is 10.9. The van der Waals surface area contributed by atoms with Crippen molar-refractivity contribution in [3.05, 3.63) is 81.9 Å². The highest BCUT2D eigenvalue weighted by Crippen LogP contribution is 2.35. The third kappa shape index (κ3) is 4.52. The van der Waals surface area contributed by atoms with Crippen molar-refractivity contribution in [2.24, 2.45) is 4.99 Å². The molecule has 0 fully saturated rings. The minimum Gasteiger partial charge on any atom is -0.508 e. The SMILES string of the molecule is Cc1cc(O)cc2c1CC(C(=O)NC1CCNc3ccc(Oc4cccc(Cl)c4)cc31)N=C2. The van der Waals surface area contributed by atoms with Crippen molar-refractivity contribution in [3.8, 4) is 17.2 Å². The normalized spacial score (nSPS) is 18.6. The van der Waals surface area contributed by atoms with Gasteiger partial charge < -0.3 is 20.5 Å². The van der Waals surface area contributed by atoms with Gasteiger partial charge in [-0.25, -0.2) is 0 Å². The number of aromatic hydroxyl groups is 1. The van der Waals surface area contributed by atoms with Gasteiger partial charge in [-0.1, -0.05) is 17.7 Å². The van der Waals surface area contributed by atoms with Crippen LogP contribution >= 0.6 is 11.6 Å². The Morgan fingerprint density at radius 3 is 2.88 bits per heavy atom. The summed E-state index contributed by atoms with van der Waals surface area (Å²) < 4.78 is 5.99. The monoisotopic (exact) mass is 461 g/mol. The number of anilines is 1. The van der Waals surface area contributed by atoms with Crippen LogP contribution < -0.4 is 15.4 Å². The number of benzene rings is 3. The summed E-state index contributed by atoms with van der Waals surface area (Å²) >= 11 is 6.07. The molecule has 2 aliphatic rings. The predicted octanol–water partition coefficient (Wildman–Crippen LogP) is 5.16. The lowest BCUT2D eigenvalue weighted by Crippen LogP contribution is -2.40. The van der Waals surface area contributed by atoms with Crippen LogP contribution in [0.25, 0.3) is 0 Å². The number of fused-ring (bicyclic) bond motifs is 2. The van der Waals surface area contributed by atoms with E-state index in [0.717, 1.165) is 40.9 Å². The average molecular weight is 462 g/mol. The first kappa shape index (κ1) is 21.3. The molecule has 0 radical (unpaired) electrons. The van der Waals surface area contributed by atoms with E-state index in [-0.39, 0.29) is 17.7 Å². The Hall–Kier alpha value is -3.51. The molecule has 33 heavy (non-hydrogen) atoms. The second kappa shape index (κ2) is 8.79. The number of aryl methyl sites for hydroxylation is 1.